The highest BCUT2D eigenvalue weighted by atomic mass is 16.6. The van der Waals surface area contributed by atoms with Crippen molar-refractivity contribution in [2.24, 2.45) is 0 Å². The van der Waals surface area contributed by atoms with Gasteiger partial charge >= 0.3 is 5.82 Å². The molecule has 2 rings (SSSR count). The van der Waals surface area contributed by atoms with Gasteiger partial charge in [-0.05, 0) is 4.92 Å². The molecule has 18 heavy (non-hydrogen) atoms. The largest absolute Gasteiger partial charge is 0.389 e. The summed E-state index contributed by atoms with van der Waals surface area (Å²) >= 11 is 0. The van der Waals surface area contributed by atoms with E-state index in [4.69, 9.17) is 0 Å². The zero-order chi connectivity index (χ0) is 13.0. The molecule has 0 fully saturated rings. The van der Waals surface area contributed by atoms with Crippen molar-refractivity contribution in [1.82, 2.24) is 30.3 Å². The molecule has 0 saturated carbocycles. The number of hydrogen-bond donors (Lipinski definition) is 2. The minimum atomic E-state index is -0.622. The van der Waals surface area contributed by atoms with E-state index in [9.17, 15) is 14.9 Å². The Kier molecular flexibility index (Phi) is 3.27. The summed E-state index contributed by atoms with van der Waals surface area (Å²) in [5.74, 6) is -0.0998. The van der Waals surface area contributed by atoms with E-state index in [0.29, 0.717) is 5.82 Å². The first-order valence-electron chi connectivity index (χ1n) is 4.94. The molecule has 0 aliphatic carbocycles. The van der Waals surface area contributed by atoms with Crippen LogP contribution >= 0.6 is 0 Å². The number of carbonyl (C=O) groups is 1. The molecule has 0 saturated heterocycles. The first-order valence-corrected chi connectivity index (χ1v) is 4.94. The van der Waals surface area contributed by atoms with Crippen molar-refractivity contribution in [3.8, 4) is 0 Å². The van der Waals surface area contributed by atoms with Crippen LogP contribution < -0.4 is 5.32 Å². The van der Waals surface area contributed by atoms with E-state index in [1.807, 2.05) is 0 Å². The van der Waals surface area contributed by atoms with E-state index in [1.54, 1.807) is 0 Å². The molecule has 0 unspecified atom stereocenters. The predicted molar refractivity (Wildman–Crippen MR) is 57.1 cm³/mol. The molecule has 10 nitrogen and oxygen atoms in total. The molecule has 0 aliphatic heterocycles. The molecule has 0 aromatic carbocycles. The number of aromatic amines is 1. The average Bonchev–Trinajstić information content (AvgIpc) is 2.96. The van der Waals surface area contributed by atoms with Gasteiger partial charge in [0.2, 0.25) is 5.91 Å². The molecule has 10 heteroatoms. The van der Waals surface area contributed by atoms with E-state index >= 15 is 0 Å². The summed E-state index contributed by atoms with van der Waals surface area (Å²) in [6.07, 6.45) is 2.70. The van der Waals surface area contributed by atoms with Gasteiger partial charge < -0.3 is 15.4 Å². The average molecular weight is 251 g/mol. The lowest BCUT2D eigenvalue weighted by molar-refractivity contribution is -0.389. The SMILES string of the molecule is O=C(Cn1ccc([N+](=O)[O-])n1)NCc1ncn[nH]1. The van der Waals surface area contributed by atoms with Crippen LogP contribution in [0.2, 0.25) is 0 Å². The third-order valence-electron chi connectivity index (χ3n) is 2.04. The summed E-state index contributed by atoms with van der Waals surface area (Å²) in [5, 5.41) is 22.8. The third kappa shape index (κ3) is 2.87. The molecule has 0 radical (unpaired) electrons. The van der Waals surface area contributed by atoms with Gasteiger partial charge in [0, 0.05) is 0 Å². The van der Waals surface area contributed by atoms with Crippen LogP contribution in [0.1, 0.15) is 5.82 Å². The van der Waals surface area contributed by atoms with Crippen LogP contribution in [0.3, 0.4) is 0 Å². The number of hydrogen-bond acceptors (Lipinski definition) is 6. The molecule has 2 aromatic heterocycles. The Morgan fingerprint density at radius 2 is 2.44 bits per heavy atom. The summed E-state index contributed by atoms with van der Waals surface area (Å²) in [7, 11) is 0. The minimum Gasteiger partial charge on any atom is -0.358 e. The summed E-state index contributed by atoms with van der Waals surface area (Å²) in [6, 6.07) is 1.23. The van der Waals surface area contributed by atoms with Crippen LogP contribution in [0.25, 0.3) is 0 Å². The van der Waals surface area contributed by atoms with Gasteiger partial charge in [-0.1, -0.05) is 0 Å². The first kappa shape index (κ1) is 11.7. The third-order valence-corrected chi connectivity index (χ3v) is 2.04. The second-order valence-electron chi connectivity index (χ2n) is 3.34. The summed E-state index contributed by atoms with van der Waals surface area (Å²) in [5.41, 5.74) is 0. The Morgan fingerprint density at radius 3 is 3.06 bits per heavy atom. The first-order chi connectivity index (χ1) is 8.65. The summed E-state index contributed by atoms with van der Waals surface area (Å²) in [4.78, 5) is 25.1. The maximum Gasteiger partial charge on any atom is 0.389 e. The Hall–Kier alpha value is -2.78. The minimum absolute atomic E-state index is 0.0953. The van der Waals surface area contributed by atoms with Crippen molar-refractivity contribution < 1.29 is 9.72 Å². The predicted octanol–water partition coefficient (Wildman–Crippen LogP) is -0.774. The number of H-pyrrole nitrogens is 1. The van der Waals surface area contributed by atoms with Crippen molar-refractivity contribution in [2.75, 3.05) is 0 Å². The highest BCUT2D eigenvalue weighted by Gasteiger charge is 2.13. The highest BCUT2D eigenvalue weighted by Crippen LogP contribution is 2.04. The van der Waals surface area contributed by atoms with Crippen LogP contribution in [0.15, 0.2) is 18.6 Å². The molecule has 2 aromatic rings. The monoisotopic (exact) mass is 251 g/mol. The maximum absolute atomic E-state index is 11.5. The van der Waals surface area contributed by atoms with Gasteiger partial charge in [-0.25, -0.2) is 4.98 Å². The van der Waals surface area contributed by atoms with Crippen molar-refractivity contribution in [2.45, 2.75) is 13.1 Å². The highest BCUT2D eigenvalue weighted by molar-refractivity contribution is 5.75. The van der Waals surface area contributed by atoms with Crippen molar-refractivity contribution in [1.29, 1.82) is 0 Å². The molecule has 1 amide bonds. The van der Waals surface area contributed by atoms with Gasteiger partial charge in [0.05, 0.1) is 23.9 Å². The number of nitrogens with zero attached hydrogens (tertiary/aromatic N) is 5. The Balaban J connectivity index is 1.85. The standard InChI is InChI=1S/C8H9N7O3/c16-8(9-3-6-10-5-11-12-6)4-14-2-1-7(13-14)15(17)18/h1-2,5H,3-4H2,(H,9,16)(H,10,11,12). The fourth-order valence-electron chi connectivity index (χ4n) is 1.24. The van der Waals surface area contributed by atoms with Gasteiger partial charge in [-0.15, -0.1) is 0 Å². The Labute approximate surface area is 100 Å². The van der Waals surface area contributed by atoms with Crippen molar-refractivity contribution in [3.63, 3.8) is 0 Å². The lowest BCUT2D eigenvalue weighted by atomic mass is 10.5. The topological polar surface area (TPSA) is 132 Å². The lowest BCUT2D eigenvalue weighted by Crippen LogP contribution is -2.27. The maximum atomic E-state index is 11.5. The number of rotatable bonds is 5. The van der Waals surface area contributed by atoms with E-state index in [-0.39, 0.29) is 24.8 Å². The zero-order valence-corrected chi connectivity index (χ0v) is 9.11. The van der Waals surface area contributed by atoms with Crippen molar-refractivity contribution >= 4 is 11.7 Å². The van der Waals surface area contributed by atoms with Gasteiger partial charge in [0.15, 0.2) is 0 Å². The second-order valence-corrected chi connectivity index (χ2v) is 3.34. The number of nitro groups is 1. The molecular formula is C8H9N7O3. The van der Waals surface area contributed by atoms with Crippen molar-refractivity contribution in [3.05, 3.63) is 34.5 Å². The fraction of sp³-hybridized carbons (Fsp3) is 0.250. The van der Waals surface area contributed by atoms with Crippen LogP contribution in [0, 0.1) is 10.1 Å². The van der Waals surface area contributed by atoms with Gasteiger partial charge in [0.25, 0.3) is 0 Å². The van der Waals surface area contributed by atoms with E-state index < -0.39 is 4.92 Å². The smallest absolute Gasteiger partial charge is 0.358 e. The Morgan fingerprint density at radius 1 is 1.61 bits per heavy atom. The number of nitrogens with one attached hydrogen (secondary N) is 2. The van der Waals surface area contributed by atoms with Crippen LogP contribution in [-0.4, -0.2) is 35.8 Å². The van der Waals surface area contributed by atoms with E-state index in [0.717, 1.165) is 0 Å². The normalized spacial score (nSPS) is 10.2. The van der Waals surface area contributed by atoms with Crippen LogP contribution in [-0.2, 0) is 17.9 Å². The molecule has 2 N–H and O–H groups in total. The lowest BCUT2D eigenvalue weighted by Gasteiger charge is -2.00. The van der Waals surface area contributed by atoms with Gasteiger partial charge in [-0.2, -0.15) is 9.78 Å². The Bertz CT molecular complexity index is 547. The molecule has 0 aliphatic rings. The number of carbonyl (C=O) groups excluding carboxylic acids is 1. The number of amides is 1. The van der Waals surface area contributed by atoms with Crippen LogP contribution in [0.5, 0.6) is 0 Å². The summed E-state index contributed by atoms with van der Waals surface area (Å²) < 4.78 is 1.19. The second kappa shape index (κ2) is 5.03. The molecule has 0 bridgehead atoms. The van der Waals surface area contributed by atoms with E-state index in [2.05, 4.69) is 25.6 Å². The molecule has 0 atom stereocenters. The van der Waals surface area contributed by atoms with Gasteiger partial charge in [-0.3, -0.25) is 9.89 Å². The van der Waals surface area contributed by atoms with Gasteiger partial charge in [0.1, 0.15) is 18.7 Å². The zero-order valence-electron chi connectivity index (χ0n) is 9.11. The van der Waals surface area contributed by atoms with E-state index in [1.165, 1.54) is 23.3 Å². The fourth-order valence-corrected chi connectivity index (χ4v) is 1.24. The molecule has 0 spiro atoms. The molecule has 2 heterocycles. The molecular weight excluding hydrogens is 242 g/mol. The van der Waals surface area contributed by atoms with Crippen LogP contribution in [0.4, 0.5) is 5.82 Å². The number of aromatic nitrogens is 5. The molecule has 94 valence electrons. The quantitative estimate of drug-likeness (QED) is 0.529. The summed E-state index contributed by atoms with van der Waals surface area (Å²) in [6.45, 7) is 0.115.